The van der Waals surface area contributed by atoms with Crippen molar-refractivity contribution in [3.05, 3.63) is 42.2 Å². The lowest BCUT2D eigenvalue weighted by atomic mass is 10.2. The molecule has 0 aliphatic heterocycles. The summed E-state index contributed by atoms with van der Waals surface area (Å²) in [6.45, 7) is 2.15. The lowest BCUT2D eigenvalue weighted by molar-refractivity contribution is 0.476. The number of fused-ring (bicyclic) bond motifs is 1. The Morgan fingerprint density at radius 3 is 2.84 bits per heavy atom. The Morgan fingerprint density at radius 2 is 2.11 bits per heavy atom. The van der Waals surface area contributed by atoms with E-state index in [0.29, 0.717) is 0 Å². The van der Waals surface area contributed by atoms with Crippen molar-refractivity contribution >= 4 is 21.6 Å². The lowest BCUT2D eigenvalue weighted by Gasteiger charge is -1.99. The van der Waals surface area contributed by atoms with E-state index in [4.69, 9.17) is 0 Å². The van der Waals surface area contributed by atoms with Gasteiger partial charge >= 0.3 is 0 Å². The number of benzene rings is 1. The smallest absolute Gasteiger partial charge is 0.126 e. The largest absolute Gasteiger partial charge is 0.508 e. The van der Waals surface area contributed by atoms with Crippen LogP contribution in [0.3, 0.4) is 0 Å². The number of nitrogens with zero attached hydrogens (tertiary/aromatic N) is 2. The third-order valence-electron chi connectivity index (χ3n) is 2.95. The summed E-state index contributed by atoms with van der Waals surface area (Å²) < 4.78 is 0.993. The van der Waals surface area contributed by atoms with Crippen LogP contribution in [0.2, 0.25) is 0 Å². The van der Waals surface area contributed by atoms with Crippen LogP contribution in [0.5, 0.6) is 5.75 Å². The van der Waals surface area contributed by atoms with Crippen molar-refractivity contribution in [2.75, 3.05) is 0 Å². The fourth-order valence-electron chi connectivity index (χ4n) is 1.99. The molecule has 3 aromatic rings. The van der Waals surface area contributed by atoms with Crippen molar-refractivity contribution in [3.8, 4) is 16.3 Å². The molecule has 0 atom stereocenters. The zero-order valence-electron chi connectivity index (χ0n) is 10.6. The van der Waals surface area contributed by atoms with E-state index in [1.165, 1.54) is 0 Å². The molecule has 96 valence electrons. The average Bonchev–Trinajstić information content (AvgIpc) is 2.83. The number of rotatable bonds is 3. The summed E-state index contributed by atoms with van der Waals surface area (Å²) in [6.07, 6.45) is 3.99. The second-order valence-electron chi connectivity index (χ2n) is 4.46. The van der Waals surface area contributed by atoms with E-state index in [1.54, 1.807) is 23.5 Å². The fraction of sp³-hybridized carbons (Fsp3) is 0.200. The number of phenols is 1. The van der Waals surface area contributed by atoms with Gasteiger partial charge in [0.05, 0.1) is 10.2 Å². The van der Waals surface area contributed by atoms with Crippen LogP contribution in [0.1, 0.15) is 19.0 Å². The number of hydrogen-bond donors (Lipinski definition) is 1. The minimum Gasteiger partial charge on any atom is -0.508 e. The van der Waals surface area contributed by atoms with E-state index in [0.717, 1.165) is 39.3 Å². The maximum absolute atomic E-state index is 9.47. The zero-order valence-corrected chi connectivity index (χ0v) is 11.4. The second-order valence-corrected chi connectivity index (χ2v) is 5.49. The molecule has 2 aromatic heterocycles. The molecular weight excluding hydrogens is 256 g/mol. The second kappa shape index (κ2) is 4.97. The summed E-state index contributed by atoms with van der Waals surface area (Å²) in [5.74, 6) is 0.277. The van der Waals surface area contributed by atoms with E-state index < -0.39 is 0 Å². The van der Waals surface area contributed by atoms with Gasteiger partial charge in [-0.2, -0.15) is 0 Å². The SMILES string of the molecule is CCCc1ccc(-c2nc3ccc(O)cc3s2)cn1. The summed E-state index contributed by atoms with van der Waals surface area (Å²) in [4.78, 5) is 9.02. The highest BCUT2D eigenvalue weighted by Crippen LogP contribution is 2.31. The molecule has 0 saturated carbocycles. The molecule has 0 fully saturated rings. The van der Waals surface area contributed by atoms with Gasteiger partial charge in [-0.25, -0.2) is 4.98 Å². The molecular formula is C15H14N2OS. The van der Waals surface area contributed by atoms with Gasteiger partial charge in [-0.05, 0) is 36.8 Å². The van der Waals surface area contributed by atoms with Crippen LogP contribution in [-0.2, 0) is 6.42 Å². The van der Waals surface area contributed by atoms with Crippen LogP contribution in [0.25, 0.3) is 20.8 Å². The summed E-state index contributed by atoms with van der Waals surface area (Å²) in [6, 6.07) is 9.37. The first-order valence-electron chi connectivity index (χ1n) is 6.31. The molecule has 0 aliphatic carbocycles. The molecule has 0 bridgehead atoms. The number of pyridine rings is 1. The first-order valence-corrected chi connectivity index (χ1v) is 7.13. The molecule has 4 heteroatoms. The molecule has 19 heavy (non-hydrogen) atoms. The molecule has 0 saturated heterocycles. The van der Waals surface area contributed by atoms with Crippen molar-refractivity contribution in [2.45, 2.75) is 19.8 Å². The van der Waals surface area contributed by atoms with Crippen LogP contribution in [-0.4, -0.2) is 15.1 Å². The lowest BCUT2D eigenvalue weighted by Crippen LogP contribution is -1.88. The highest BCUT2D eigenvalue weighted by Gasteiger charge is 2.07. The monoisotopic (exact) mass is 270 g/mol. The Bertz CT molecular complexity index is 704. The highest BCUT2D eigenvalue weighted by molar-refractivity contribution is 7.21. The van der Waals surface area contributed by atoms with Gasteiger partial charge in [-0.1, -0.05) is 13.3 Å². The molecule has 1 N–H and O–H groups in total. The number of aryl methyl sites for hydroxylation is 1. The molecule has 2 heterocycles. The van der Waals surface area contributed by atoms with Crippen molar-refractivity contribution < 1.29 is 5.11 Å². The summed E-state index contributed by atoms with van der Waals surface area (Å²) in [5, 5.41) is 10.4. The Morgan fingerprint density at radius 1 is 1.21 bits per heavy atom. The third-order valence-corrected chi connectivity index (χ3v) is 4.02. The Balaban J connectivity index is 1.99. The van der Waals surface area contributed by atoms with Crippen molar-refractivity contribution in [1.29, 1.82) is 0 Å². The van der Waals surface area contributed by atoms with Gasteiger partial charge in [0.1, 0.15) is 10.8 Å². The summed E-state index contributed by atoms with van der Waals surface area (Å²) in [5.41, 5.74) is 3.06. The van der Waals surface area contributed by atoms with E-state index in [2.05, 4.69) is 29.0 Å². The van der Waals surface area contributed by atoms with Crippen molar-refractivity contribution in [3.63, 3.8) is 0 Å². The summed E-state index contributed by atoms with van der Waals surface area (Å²) >= 11 is 1.57. The third kappa shape index (κ3) is 2.44. The number of phenolic OH excluding ortho intramolecular Hbond substituents is 1. The van der Waals surface area contributed by atoms with Gasteiger partial charge < -0.3 is 5.11 Å². The van der Waals surface area contributed by atoms with Crippen LogP contribution in [0.4, 0.5) is 0 Å². The number of aromatic hydroxyl groups is 1. The normalized spacial score (nSPS) is 11.0. The van der Waals surface area contributed by atoms with E-state index >= 15 is 0 Å². The summed E-state index contributed by atoms with van der Waals surface area (Å²) in [7, 11) is 0. The van der Waals surface area contributed by atoms with E-state index in [1.807, 2.05) is 12.3 Å². The van der Waals surface area contributed by atoms with Crippen LogP contribution < -0.4 is 0 Å². The average molecular weight is 270 g/mol. The van der Waals surface area contributed by atoms with Crippen molar-refractivity contribution in [2.24, 2.45) is 0 Å². The van der Waals surface area contributed by atoms with Gasteiger partial charge in [0.2, 0.25) is 0 Å². The molecule has 1 aromatic carbocycles. The zero-order chi connectivity index (χ0) is 13.2. The van der Waals surface area contributed by atoms with Crippen molar-refractivity contribution in [1.82, 2.24) is 9.97 Å². The molecule has 0 spiro atoms. The van der Waals surface area contributed by atoms with E-state index in [-0.39, 0.29) is 5.75 Å². The van der Waals surface area contributed by atoms with E-state index in [9.17, 15) is 5.11 Å². The van der Waals surface area contributed by atoms with Crippen LogP contribution in [0, 0.1) is 0 Å². The topological polar surface area (TPSA) is 46.0 Å². The standard InChI is InChI=1S/C15H14N2OS/c1-2-3-11-5-4-10(9-16-11)15-17-13-7-6-12(18)8-14(13)19-15/h4-9,18H,2-3H2,1H3. The highest BCUT2D eigenvalue weighted by atomic mass is 32.1. The fourth-order valence-corrected chi connectivity index (χ4v) is 2.98. The molecule has 0 radical (unpaired) electrons. The Labute approximate surface area is 115 Å². The Kier molecular flexibility index (Phi) is 3.17. The van der Waals surface area contributed by atoms with Gasteiger partial charge in [0.15, 0.2) is 0 Å². The molecule has 0 amide bonds. The number of thiazole rings is 1. The van der Waals surface area contributed by atoms with Gasteiger partial charge in [-0.3, -0.25) is 4.98 Å². The van der Waals surface area contributed by atoms with Gasteiger partial charge in [-0.15, -0.1) is 11.3 Å². The minimum absolute atomic E-state index is 0.277. The predicted molar refractivity (Wildman–Crippen MR) is 78.5 cm³/mol. The maximum Gasteiger partial charge on any atom is 0.126 e. The minimum atomic E-state index is 0.277. The Hall–Kier alpha value is -1.94. The number of hydrogen-bond acceptors (Lipinski definition) is 4. The van der Waals surface area contributed by atoms with Crippen LogP contribution in [0.15, 0.2) is 36.5 Å². The first-order chi connectivity index (χ1) is 9.26. The van der Waals surface area contributed by atoms with Crippen LogP contribution >= 0.6 is 11.3 Å². The molecule has 3 rings (SSSR count). The maximum atomic E-state index is 9.47. The molecule has 3 nitrogen and oxygen atoms in total. The van der Waals surface area contributed by atoms with Gasteiger partial charge in [0, 0.05) is 17.5 Å². The first kappa shape index (κ1) is 12.1. The molecule has 0 unspecified atom stereocenters. The number of aromatic nitrogens is 2. The predicted octanol–water partition coefficient (Wildman–Crippen LogP) is 4.02. The quantitative estimate of drug-likeness (QED) is 0.782. The molecule has 0 aliphatic rings. The van der Waals surface area contributed by atoms with Gasteiger partial charge in [0.25, 0.3) is 0 Å².